The van der Waals surface area contributed by atoms with Gasteiger partial charge in [-0.1, -0.05) is 17.7 Å². The van der Waals surface area contributed by atoms with Crippen LogP contribution in [0.1, 0.15) is 0 Å². The lowest BCUT2D eigenvalue weighted by molar-refractivity contribution is -0.384. The van der Waals surface area contributed by atoms with E-state index in [2.05, 4.69) is 10.3 Å². The number of halogens is 2. The molecule has 0 saturated heterocycles. The molecule has 19 heavy (non-hydrogen) atoms. The fourth-order valence-electron chi connectivity index (χ4n) is 1.44. The number of nitrogens with zero attached hydrogens (tertiary/aromatic N) is 2. The second-order valence-corrected chi connectivity index (χ2v) is 4.03. The molecular weight excluding hydrogens is 275 g/mol. The molecule has 2 aromatic rings. The van der Waals surface area contributed by atoms with Crippen LogP contribution in [0.3, 0.4) is 0 Å². The molecular formula is C11H8ClFN4O2. The fourth-order valence-corrected chi connectivity index (χ4v) is 1.62. The van der Waals surface area contributed by atoms with Gasteiger partial charge in [0.1, 0.15) is 11.6 Å². The number of hydrogen-bond acceptors (Lipinski definition) is 5. The van der Waals surface area contributed by atoms with Crippen molar-refractivity contribution in [3.05, 3.63) is 51.3 Å². The van der Waals surface area contributed by atoms with Crippen LogP contribution < -0.4 is 11.1 Å². The molecule has 1 heterocycles. The van der Waals surface area contributed by atoms with E-state index in [9.17, 15) is 14.5 Å². The van der Waals surface area contributed by atoms with E-state index in [0.717, 1.165) is 12.1 Å². The van der Waals surface area contributed by atoms with Crippen molar-refractivity contribution in [1.82, 2.24) is 4.98 Å². The van der Waals surface area contributed by atoms with Crippen molar-refractivity contribution in [2.45, 2.75) is 0 Å². The number of aromatic nitrogens is 1. The van der Waals surface area contributed by atoms with Crippen molar-refractivity contribution < 1.29 is 9.31 Å². The Kier molecular flexibility index (Phi) is 3.48. The Morgan fingerprint density at radius 1 is 1.42 bits per heavy atom. The average molecular weight is 283 g/mol. The summed E-state index contributed by atoms with van der Waals surface area (Å²) in [6.45, 7) is 0. The summed E-state index contributed by atoms with van der Waals surface area (Å²) in [5.41, 5.74) is 5.26. The number of nitrogens with one attached hydrogen (secondary N) is 1. The van der Waals surface area contributed by atoms with E-state index >= 15 is 0 Å². The molecule has 0 unspecified atom stereocenters. The van der Waals surface area contributed by atoms with E-state index in [1.54, 1.807) is 0 Å². The van der Waals surface area contributed by atoms with Gasteiger partial charge in [-0.25, -0.2) is 9.37 Å². The molecule has 0 saturated carbocycles. The monoisotopic (exact) mass is 282 g/mol. The average Bonchev–Trinajstić information content (AvgIpc) is 2.34. The molecule has 0 aliphatic carbocycles. The van der Waals surface area contributed by atoms with E-state index in [1.165, 1.54) is 18.2 Å². The summed E-state index contributed by atoms with van der Waals surface area (Å²) >= 11 is 5.62. The minimum atomic E-state index is -0.670. The van der Waals surface area contributed by atoms with Gasteiger partial charge >= 0.3 is 0 Å². The number of benzene rings is 1. The Morgan fingerprint density at radius 3 is 2.84 bits per heavy atom. The minimum absolute atomic E-state index is 0.0425. The summed E-state index contributed by atoms with van der Waals surface area (Å²) < 4.78 is 13.7. The number of pyridine rings is 1. The van der Waals surface area contributed by atoms with Gasteiger partial charge in [-0.3, -0.25) is 10.1 Å². The van der Waals surface area contributed by atoms with Crippen molar-refractivity contribution in [1.29, 1.82) is 0 Å². The van der Waals surface area contributed by atoms with Crippen LogP contribution in [0.5, 0.6) is 0 Å². The maximum Gasteiger partial charge on any atom is 0.276 e. The van der Waals surface area contributed by atoms with Crippen molar-refractivity contribution in [2.24, 2.45) is 0 Å². The standard InChI is InChI=1S/C11H8ClFN4O2/c12-7-2-1-3-8(11(7)13)15-10-5-6(17(18)19)4-9(14)16-10/h1-5H,(H3,14,15,16). The van der Waals surface area contributed by atoms with E-state index in [1.807, 2.05) is 0 Å². The predicted molar refractivity (Wildman–Crippen MR) is 70.0 cm³/mol. The van der Waals surface area contributed by atoms with Crippen LogP contribution in [0.15, 0.2) is 30.3 Å². The molecule has 8 heteroatoms. The normalized spacial score (nSPS) is 10.2. The van der Waals surface area contributed by atoms with Crippen molar-refractivity contribution in [3.8, 4) is 0 Å². The molecule has 0 bridgehead atoms. The highest BCUT2D eigenvalue weighted by Crippen LogP contribution is 2.26. The van der Waals surface area contributed by atoms with Gasteiger partial charge in [0.05, 0.1) is 27.8 Å². The maximum absolute atomic E-state index is 13.7. The molecule has 0 amide bonds. The molecule has 1 aromatic carbocycles. The van der Waals surface area contributed by atoms with Gasteiger partial charge in [0.2, 0.25) is 0 Å². The molecule has 0 atom stereocenters. The fraction of sp³-hybridized carbons (Fsp3) is 0. The first kappa shape index (κ1) is 13.0. The second kappa shape index (κ2) is 5.07. The lowest BCUT2D eigenvalue weighted by Gasteiger charge is -2.08. The van der Waals surface area contributed by atoms with E-state index in [-0.39, 0.29) is 28.0 Å². The zero-order chi connectivity index (χ0) is 14.0. The predicted octanol–water partition coefficient (Wildman–Crippen LogP) is 3.11. The van der Waals surface area contributed by atoms with Crippen LogP contribution in [0, 0.1) is 15.9 Å². The first-order valence-electron chi connectivity index (χ1n) is 5.10. The summed E-state index contributed by atoms with van der Waals surface area (Å²) in [7, 11) is 0. The summed E-state index contributed by atoms with van der Waals surface area (Å²) in [5, 5.41) is 13.2. The zero-order valence-corrected chi connectivity index (χ0v) is 10.2. The molecule has 1 aromatic heterocycles. The summed E-state index contributed by atoms with van der Waals surface area (Å²) in [5.74, 6) is -0.650. The topological polar surface area (TPSA) is 94.1 Å². The third kappa shape index (κ3) is 2.89. The first-order chi connectivity index (χ1) is 8.97. The van der Waals surface area contributed by atoms with Gasteiger partial charge in [-0.2, -0.15) is 0 Å². The Morgan fingerprint density at radius 2 is 2.16 bits per heavy atom. The highest BCUT2D eigenvalue weighted by atomic mass is 35.5. The Balaban J connectivity index is 2.38. The summed E-state index contributed by atoms with van der Waals surface area (Å²) in [6, 6.07) is 6.61. The van der Waals surface area contributed by atoms with E-state index in [4.69, 9.17) is 17.3 Å². The molecule has 0 aliphatic heterocycles. The summed E-state index contributed by atoms with van der Waals surface area (Å²) in [4.78, 5) is 13.9. The molecule has 2 rings (SSSR count). The van der Waals surface area contributed by atoms with Crippen LogP contribution in [0.25, 0.3) is 0 Å². The van der Waals surface area contributed by atoms with E-state index in [0.29, 0.717) is 0 Å². The molecule has 0 aliphatic rings. The third-order valence-corrected chi connectivity index (χ3v) is 2.55. The SMILES string of the molecule is Nc1cc([N+](=O)[O-])cc(Nc2cccc(Cl)c2F)n1. The molecule has 98 valence electrons. The minimum Gasteiger partial charge on any atom is -0.383 e. The Labute approximate surface area is 112 Å². The Bertz CT molecular complexity index is 651. The van der Waals surface area contributed by atoms with Gasteiger partial charge in [0.25, 0.3) is 5.69 Å². The Hall–Kier alpha value is -2.41. The van der Waals surface area contributed by atoms with Gasteiger partial charge in [0.15, 0.2) is 5.82 Å². The lowest BCUT2D eigenvalue weighted by Crippen LogP contribution is -2.01. The van der Waals surface area contributed by atoms with E-state index < -0.39 is 10.7 Å². The van der Waals surface area contributed by atoms with Crippen molar-refractivity contribution in [3.63, 3.8) is 0 Å². The number of hydrogen-bond donors (Lipinski definition) is 2. The number of nitro groups is 1. The highest BCUT2D eigenvalue weighted by Gasteiger charge is 2.12. The largest absolute Gasteiger partial charge is 0.383 e. The van der Waals surface area contributed by atoms with Gasteiger partial charge < -0.3 is 11.1 Å². The molecule has 0 fully saturated rings. The molecule has 0 radical (unpaired) electrons. The molecule has 6 nitrogen and oxygen atoms in total. The number of nitrogen functional groups attached to an aromatic ring is 1. The number of rotatable bonds is 3. The summed E-state index contributed by atoms with van der Waals surface area (Å²) in [6.07, 6.45) is 0. The van der Waals surface area contributed by atoms with Gasteiger partial charge in [-0.05, 0) is 12.1 Å². The smallest absolute Gasteiger partial charge is 0.276 e. The number of nitrogens with two attached hydrogens (primary N) is 1. The maximum atomic E-state index is 13.7. The highest BCUT2D eigenvalue weighted by molar-refractivity contribution is 6.31. The van der Waals surface area contributed by atoms with Crippen LogP contribution in [-0.4, -0.2) is 9.91 Å². The van der Waals surface area contributed by atoms with Crippen LogP contribution in [0.4, 0.5) is 27.4 Å². The molecule has 3 N–H and O–H groups in total. The van der Waals surface area contributed by atoms with Crippen LogP contribution in [-0.2, 0) is 0 Å². The van der Waals surface area contributed by atoms with Crippen LogP contribution >= 0.6 is 11.6 Å². The van der Waals surface area contributed by atoms with Crippen molar-refractivity contribution >= 4 is 34.6 Å². The first-order valence-corrected chi connectivity index (χ1v) is 5.48. The third-order valence-electron chi connectivity index (χ3n) is 2.26. The number of anilines is 3. The quantitative estimate of drug-likeness (QED) is 0.666. The lowest BCUT2D eigenvalue weighted by atomic mass is 10.3. The zero-order valence-electron chi connectivity index (χ0n) is 9.43. The van der Waals surface area contributed by atoms with Crippen LogP contribution in [0.2, 0.25) is 5.02 Å². The molecule has 0 spiro atoms. The second-order valence-electron chi connectivity index (χ2n) is 3.62. The van der Waals surface area contributed by atoms with Crippen molar-refractivity contribution in [2.75, 3.05) is 11.1 Å². The van der Waals surface area contributed by atoms with Gasteiger partial charge in [0, 0.05) is 0 Å². The van der Waals surface area contributed by atoms with Gasteiger partial charge in [-0.15, -0.1) is 0 Å².